The Morgan fingerprint density at radius 2 is 2.20 bits per heavy atom. The molecule has 108 valence electrons. The van der Waals surface area contributed by atoms with Crippen LogP contribution in [-0.2, 0) is 0 Å². The lowest BCUT2D eigenvalue weighted by Gasteiger charge is -2.22. The molecule has 2 unspecified atom stereocenters. The maximum atomic E-state index is 6.29. The van der Waals surface area contributed by atoms with E-state index in [0.29, 0.717) is 0 Å². The number of benzene rings is 1. The molecule has 0 saturated carbocycles. The average molecular weight is 309 g/mol. The van der Waals surface area contributed by atoms with Crippen molar-refractivity contribution in [3.8, 4) is 5.75 Å². The number of thioether (sulfide) groups is 1. The summed E-state index contributed by atoms with van der Waals surface area (Å²) in [5, 5.41) is 9.38. The number of hydrogen-bond donors (Lipinski definition) is 1. The Labute approximate surface area is 127 Å². The number of aryl methyl sites for hydroxylation is 1. The average Bonchev–Trinajstić information content (AvgIpc) is 2.89. The van der Waals surface area contributed by atoms with Crippen LogP contribution >= 0.6 is 23.1 Å². The molecular formula is C14H19N3OS2. The first-order valence-electron chi connectivity index (χ1n) is 6.50. The van der Waals surface area contributed by atoms with Gasteiger partial charge in [-0.3, -0.25) is 0 Å². The first-order chi connectivity index (χ1) is 9.63. The van der Waals surface area contributed by atoms with E-state index in [-0.39, 0.29) is 11.3 Å². The summed E-state index contributed by atoms with van der Waals surface area (Å²) in [5.74, 6) is 0.852. The van der Waals surface area contributed by atoms with Crippen LogP contribution in [0.25, 0.3) is 0 Å². The van der Waals surface area contributed by atoms with Gasteiger partial charge in [-0.25, -0.2) is 0 Å². The largest absolute Gasteiger partial charge is 0.497 e. The van der Waals surface area contributed by atoms with Crippen LogP contribution in [0.4, 0.5) is 0 Å². The van der Waals surface area contributed by atoms with Crippen molar-refractivity contribution >= 4 is 23.1 Å². The molecule has 2 atom stereocenters. The van der Waals surface area contributed by atoms with Crippen LogP contribution < -0.4 is 10.5 Å². The fraction of sp³-hybridized carbons (Fsp3) is 0.429. The van der Waals surface area contributed by atoms with E-state index in [1.807, 2.05) is 25.1 Å². The minimum atomic E-state index is 0.0660. The fourth-order valence-corrected chi connectivity index (χ4v) is 4.11. The van der Waals surface area contributed by atoms with Gasteiger partial charge in [-0.15, -0.1) is 10.2 Å². The molecule has 0 saturated heterocycles. The molecule has 0 aliphatic heterocycles. The number of nitrogens with zero attached hydrogens (tertiary/aromatic N) is 2. The van der Waals surface area contributed by atoms with Crippen LogP contribution in [0.5, 0.6) is 5.75 Å². The lowest BCUT2D eigenvalue weighted by Crippen LogP contribution is -2.25. The molecule has 6 heteroatoms. The van der Waals surface area contributed by atoms with E-state index >= 15 is 0 Å². The maximum Gasteiger partial charge on any atom is 0.174 e. The van der Waals surface area contributed by atoms with E-state index in [1.54, 1.807) is 30.2 Å². The summed E-state index contributed by atoms with van der Waals surface area (Å²) in [6.07, 6.45) is 0.909. The van der Waals surface area contributed by atoms with Gasteiger partial charge in [-0.2, -0.15) is 0 Å². The third kappa shape index (κ3) is 3.71. The highest BCUT2D eigenvalue weighted by molar-refractivity contribution is 8.01. The molecule has 1 heterocycles. The van der Waals surface area contributed by atoms with Gasteiger partial charge in [0.15, 0.2) is 4.34 Å². The van der Waals surface area contributed by atoms with Crippen molar-refractivity contribution in [1.29, 1.82) is 0 Å². The van der Waals surface area contributed by atoms with E-state index in [0.717, 1.165) is 27.1 Å². The molecule has 0 aliphatic rings. The molecule has 0 spiro atoms. The second-order valence-electron chi connectivity index (χ2n) is 4.47. The van der Waals surface area contributed by atoms with E-state index in [9.17, 15) is 0 Å². The van der Waals surface area contributed by atoms with Crippen molar-refractivity contribution in [3.63, 3.8) is 0 Å². The summed E-state index contributed by atoms with van der Waals surface area (Å²) in [4.78, 5) is 0. The molecule has 20 heavy (non-hydrogen) atoms. The molecule has 0 radical (unpaired) electrons. The first-order valence-corrected chi connectivity index (χ1v) is 8.20. The maximum absolute atomic E-state index is 6.29. The van der Waals surface area contributed by atoms with Crippen molar-refractivity contribution in [2.75, 3.05) is 7.11 Å². The molecule has 2 N–H and O–H groups in total. The Hall–Kier alpha value is -1.11. The lowest BCUT2D eigenvalue weighted by atomic mass is 10.0. The number of ether oxygens (including phenoxy) is 1. The molecule has 0 aliphatic carbocycles. The Morgan fingerprint density at radius 1 is 1.40 bits per heavy atom. The van der Waals surface area contributed by atoms with Crippen molar-refractivity contribution in [2.45, 2.75) is 35.9 Å². The van der Waals surface area contributed by atoms with Crippen LogP contribution in [0.15, 0.2) is 28.6 Å². The van der Waals surface area contributed by atoms with Crippen molar-refractivity contribution < 1.29 is 4.74 Å². The summed E-state index contributed by atoms with van der Waals surface area (Å²) in [6, 6.07) is 8.13. The zero-order chi connectivity index (χ0) is 14.5. The standard InChI is InChI=1S/C14H19N3OS2/c1-4-12(15)13(20-14-17-16-9(2)19-14)10-6-5-7-11(8-10)18-3/h5-8,12-13H,4,15H2,1-3H3. The Kier molecular flexibility index (Phi) is 5.39. The van der Waals surface area contributed by atoms with Crippen LogP contribution in [0, 0.1) is 6.92 Å². The van der Waals surface area contributed by atoms with Gasteiger partial charge in [-0.1, -0.05) is 42.2 Å². The van der Waals surface area contributed by atoms with E-state index in [4.69, 9.17) is 10.5 Å². The first kappa shape index (κ1) is 15.3. The Morgan fingerprint density at radius 3 is 2.80 bits per heavy atom. The molecule has 0 amide bonds. The Balaban J connectivity index is 2.26. The van der Waals surface area contributed by atoms with Gasteiger partial charge < -0.3 is 10.5 Å². The van der Waals surface area contributed by atoms with Crippen LogP contribution in [0.2, 0.25) is 0 Å². The van der Waals surface area contributed by atoms with Gasteiger partial charge in [0.25, 0.3) is 0 Å². The van der Waals surface area contributed by atoms with Gasteiger partial charge in [0.2, 0.25) is 0 Å². The number of methoxy groups -OCH3 is 1. The van der Waals surface area contributed by atoms with Gasteiger partial charge in [0, 0.05) is 6.04 Å². The molecule has 4 nitrogen and oxygen atoms in total. The predicted octanol–water partition coefficient (Wildman–Crippen LogP) is 3.43. The van der Waals surface area contributed by atoms with E-state index in [1.165, 1.54) is 0 Å². The molecule has 0 fully saturated rings. The normalized spacial score (nSPS) is 14.0. The number of rotatable bonds is 6. The number of nitrogens with two attached hydrogens (primary N) is 1. The fourth-order valence-electron chi connectivity index (χ4n) is 1.87. The zero-order valence-corrected chi connectivity index (χ0v) is 13.5. The van der Waals surface area contributed by atoms with Crippen molar-refractivity contribution in [2.24, 2.45) is 5.73 Å². The summed E-state index contributed by atoms with van der Waals surface area (Å²) in [5.41, 5.74) is 7.45. The van der Waals surface area contributed by atoms with Crippen LogP contribution in [0.3, 0.4) is 0 Å². The SMILES string of the molecule is CCC(N)C(Sc1nnc(C)s1)c1cccc(OC)c1. The van der Waals surface area contributed by atoms with E-state index < -0.39 is 0 Å². The van der Waals surface area contributed by atoms with Gasteiger partial charge in [-0.05, 0) is 31.0 Å². The molecule has 2 aromatic rings. The second-order valence-corrected chi connectivity index (χ2v) is 7.04. The Bertz CT molecular complexity index is 559. The third-order valence-electron chi connectivity index (χ3n) is 3.02. The van der Waals surface area contributed by atoms with Gasteiger partial charge in [0.05, 0.1) is 12.4 Å². The molecule has 0 bridgehead atoms. The smallest absolute Gasteiger partial charge is 0.174 e. The van der Waals surface area contributed by atoms with Crippen molar-refractivity contribution in [3.05, 3.63) is 34.8 Å². The molecule has 1 aromatic heterocycles. The second kappa shape index (κ2) is 7.06. The van der Waals surface area contributed by atoms with Crippen LogP contribution in [0.1, 0.15) is 29.2 Å². The molecular weight excluding hydrogens is 290 g/mol. The van der Waals surface area contributed by atoms with Gasteiger partial charge >= 0.3 is 0 Å². The highest BCUT2D eigenvalue weighted by Crippen LogP contribution is 2.40. The van der Waals surface area contributed by atoms with Crippen LogP contribution in [-0.4, -0.2) is 23.3 Å². The third-order valence-corrected chi connectivity index (χ3v) is 5.35. The van der Waals surface area contributed by atoms with Crippen molar-refractivity contribution in [1.82, 2.24) is 10.2 Å². The summed E-state index contributed by atoms with van der Waals surface area (Å²) in [6.45, 7) is 4.06. The number of aromatic nitrogens is 2. The highest BCUT2D eigenvalue weighted by atomic mass is 32.2. The monoisotopic (exact) mass is 309 g/mol. The highest BCUT2D eigenvalue weighted by Gasteiger charge is 2.22. The number of hydrogen-bond acceptors (Lipinski definition) is 6. The minimum Gasteiger partial charge on any atom is -0.497 e. The van der Waals surface area contributed by atoms with Gasteiger partial charge in [0.1, 0.15) is 10.8 Å². The lowest BCUT2D eigenvalue weighted by molar-refractivity contribution is 0.414. The zero-order valence-electron chi connectivity index (χ0n) is 11.9. The topological polar surface area (TPSA) is 61.0 Å². The van der Waals surface area contributed by atoms with E-state index in [2.05, 4.69) is 23.2 Å². The predicted molar refractivity (Wildman–Crippen MR) is 84.5 cm³/mol. The molecule has 1 aromatic carbocycles. The summed E-state index contributed by atoms with van der Waals surface area (Å²) < 4.78 is 6.25. The minimum absolute atomic E-state index is 0.0660. The summed E-state index contributed by atoms with van der Waals surface area (Å²) in [7, 11) is 1.68. The molecule has 2 rings (SSSR count). The summed E-state index contributed by atoms with van der Waals surface area (Å²) >= 11 is 3.28. The quantitative estimate of drug-likeness (QED) is 0.828.